The lowest BCUT2D eigenvalue weighted by Crippen LogP contribution is -2.04. The molecule has 0 amide bonds. The van der Waals surface area contributed by atoms with Gasteiger partial charge in [0.2, 0.25) is 0 Å². The van der Waals surface area contributed by atoms with Crippen LogP contribution >= 0.6 is 11.5 Å². The predicted octanol–water partition coefficient (Wildman–Crippen LogP) is 2.06. The van der Waals surface area contributed by atoms with Crippen LogP contribution in [0.4, 0.5) is 5.00 Å². The highest BCUT2D eigenvalue weighted by Crippen LogP contribution is 2.24. The molecule has 0 spiro atoms. The summed E-state index contributed by atoms with van der Waals surface area (Å²) in [4.78, 5) is 11.0. The second-order valence-corrected chi connectivity index (χ2v) is 4.34. The zero-order chi connectivity index (χ0) is 12.4. The van der Waals surface area contributed by atoms with E-state index in [4.69, 9.17) is 9.63 Å². The molecule has 0 atom stereocenters. The van der Waals surface area contributed by atoms with Crippen LogP contribution in [0.2, 0.25) is 0 Å². The van der Waals surface area contributed by atoms with Crippen molar-refractivity contribution in [3.8, 4) is 0 Å². The van der Waals surface area contributed by atoms with Crippen molar-refractivity contribution in [2.24, 2.45) is 0 Å². The number of nitrogens with zero attached hydrogens (tertiary/aromatic N) is 2. The Bertz CT molecular complexity index is 547. The fourth-order valence-corrected chi connectivity index (χ4v) is 2.19. The molecule has 90 valence electrons. The van der Waals surface area contributed by atoms with Crippen LogP contribution in [0.5, 0.6) is 0 Å². The number of anilines is 1. The standard InChI is InChI=1S/C10H11N3O3S/c1-5-3-7(16-12-5)4-11-9-8(10(14)15)6(2)13-17-9/h3,11H,4H2,1-2H3,(H,14,15). The second-order valence-electron chi connectivity index (χ2n) is 3.57. The summed E-state index contributed by atoms with van der Waals surface area (Å²) in [6.45, 7) is 3.89. The van der Waals surface area contributed by atoms with Gasteiger partial charge >= 0.3 is 5.97 Å². The van der Waals surface area contributed by atoms with E-state index in [1.165, 1.54) is 0 Å². The summed E-state index contributed by atoms with van der Waals surface area (Å²) < 4.78 is 9.02. The molecule has 0 saturated carbocycles. The fourth-order valence-electron chi connectivity index (χ4n) is 1.41. The predicted molar refractivity (Wildman–Crippen MR) is 62.4 cm³/mol. The topological polar surface area (TPSA) is 88.2 Å². The summed E-state index contributed by atoms with van der Waals surface area (Å²) in [7, 11) is 0. The van der Waals surface area contributed by atoms with Crippen molar-refractivity contribution >= 4 is 22.5 Å². The number of carboxylic acid groups (broad SMARTS) is 1. The minimum atomic E-state index is -0.979. The third-order valence-electron chi connectivity index (χ3n) is 2.18. The molecule has 7 heteroatoms. The van der Waals surface area contributed by atoms with Gasteiger partial charge in [-0.1, -0.05) is 5.16 Å². The highest BCUT2D eigenvalue weighted by Gasteiger charge is 2.17. The minimum Gasteiger partial charge on any atom is -0.478 e. The van der Waals surface area contributed by atoms with Crippen LogP contribution in [-0.2, 0) is 6.54 Å². The van der Waals surface area contributed by atoms with Crippen LogP contribution in [0, 0.1) is 13.8 Å². The lowest BCUT2D eigenvalue weighted by molar-refractivity contribution is 0.0697. The van der Waals surface area contributed by atoms with Crippen LogP contribution in [0.1, 0.15) is 27.5 Å². The van der Waals surface area contributed by atoms with Gasteiger partial charge in [-0.25, -0.2) is 4.79 Å². The van der Waals surface area contributed by atoms with Crippen LogP contribution in [0.3, 0.4) is 0 Å². The summed E-state index contributed by atoms with van der Waals surface area (Å²) in [5.74, 6) is -0.322. The van der Waals surface area contributed by atoms with Crippen LogP contribution in [-0.4, -0.2) is 20.6 Å². The average Bonchev–Trinajstić information content (AvgIpc) is 2.82. The summed E-state index contributed by atoms with van der Waals surface area (Å²) in [5, 5.41) is 16.3. The molecule has 0 aliphatic carbocycles. The fraction of sp³-hybridized carbons (Fsp3) is 0.300. The molecule has 0 saturated heterocycles. The molecule has 0 radical (unpaired) electrons. The van der Waals surface area contributed by atoms with Gasteiger partial charge in [-0.05, 0) is 25.4 Å². The van der Waals surface area contributed by atoms with E-state index >= 15 is 0 Å². The maximum Gasteiger partial charge on any atom is 0.340 e. The van der Waals surface area contributed by atoms with Crippen molar-refractivity contribution in [1.29, 1.82) is 0 Å². The quantitative estimate of drug-likeness (QED) is 0.867. The van der Waals surface area contributed by atoms with Gasteiger partial charge in [0, 0.05) is 6.07 Å². The number of aromatic nitrogens is 2. The number of rotatable bonds is 4. The van der Waals surface area contributed by atoms with Gasteiger partial charge in [0.25, 0.3) is 0 Å². The number of aryl methyl sites for hydroxylation is 2. The number of hydrogen-bond acceptors (Lipinski definition) is 6. The Hall–Kier alpha value is -1.89. The van der Waals surface area contributed by atoms with Crippen molar-refractivity contribution in [2.75, 3.05) is 5.32 Å². The molecule has 2 heterocycles. The van der Waals surface area contributed by atoms with E-state index in [9.17, 15) is 4.79 Å². The third-order valence-corrected chi connectivity index (χ3v) is 3.07. The normalized spacial score (nSPS) is 10.5. The van der Waals surface area contributed by atoms with Crippen molar-refractivity contribution in [1.82, 2.24) is 9.53 Å². The van der Waals surface area contributed by atoms with Crippen LogP contribution < -0.4 is 5.32 Å². The van der Waals surface area contributed by atoms with Gasteiger partial charge in [-0.15, -0.1) is 0 Å². The zero-order valence-electron chi connectivity index (χ0n) is 9.35. The van der Waals surface area contributed by atoms with Gasteiger partial charge < -0.3 is 14.9 Å². The first-order valence-electron chi connectivity index (χ1n) is 4.93. The molecule has 2 N–H and O–H groups in total. The molecule has 17 heavy (non-hydrogen) atoms. The van der Waals surface area contributed by atoms with E-state index < -0.39 is 5.97 Å². The number of carboxylic acids is 1. The van der Waals surface area contributed by atoms with Crippen molar-refractivity contribution in [3.05, 3.63) is 28.8 Å². The maximum absolute atomic E-state index is 11.0. The molecule has 6 nitrogen and oxygen atoms in total. The molecule has 2 aromatic heterocycles. The lowest BCUT2D eigenvalue weighted by atomic mass is 10.2. The third kappa shape index (κ3) is 2.44. The Morgan fingerprint density at radius 1 is 1.59 bits per heavy atom. The molecule has 0 aliphatic heterocycles. The molecule has 2 rings (SSSR count). The second kappa shape index (κ2) is 4.54. The number of aromatic carboxylic acids is 1. The van der Waals surface area contributed by atoms with Gasteiger partial charge in [-0.3, -0.25) is 0 Å². The molecule has 0 fully saturated rings. The van der Waals surface area contributed by atoms with E-state index in [2.05, 4.69) is 14.8 Å². The van der Waals surface area contributed by atoms with E-state index in [0.29, 0.717) is 23.0 Å². The zero-order valence-corrected chi connectivity index (χ0v) is 10.2. The largest absolute Gasteiger partial charge is 0.478 e. The molecule has 0 aliphatic rings. The summed E-state index contributed by atoms with van der Waals surface area (Å²) in [6, 6.07) is 1.79. The molecular weight excluding hydrogens is 242 g/mol. The van der Waals surface area contributed by atoms with E-state index in [-0.39, 0.29) is 5.56 Å². The Morgan fingerprint density at radius 2 is 2.35 bits per heavy atom. The van der Waals surface area contributed by atoms with Crippen molar-refractivity contribution in [3.63, 3.8) is 0 Å². The number of hydrogen-bond donors (Lipinski definition) is 2. The molecule has 0 aromatic carbocycles. The molecule has 2 aromatic rings. The average molecular weight is 253 g/mol. The highest BCUT2D eigenvalue weighted by atomic mass is 32.1. The Morgan fingerprint density at radius 3 is 2.94 bits per heavy atom. The highest BCUT2D eigenvalue weighted by molar-refractivity contribution is 7.10. The Kier molecular flexibility index (Phi) is 3.10. The molecular formula is C10H11N3O3S. The number of nitrogens with one attached hydrogen (secondary N) is 1. The summed E-state index contributed by atoms with van der Waals surface area (Å²) in [5.41, 5.74) is 1.52. The molecule has 0 bridgehead atoms. The smallest absolute Gasteiger partial charge is 0.340 e. The first-order valence-corrected chi connectivity index (χ1v) is 5.71. The SMILES string of the molecule is Cc1cc(CNc2snc(C)c2C(=O)O)on1. The van der Waals surface area contributed by atoms with Crippen molar-refractivity contribution < 1.29 is 14.4 Å². The number of carbonyl (C=O) groups is 1. The summed E-state index contributed by atoms with van der Waals surface area (Å²) >= 11 is 1.13. The maximum atomic E-state index is 11.0. The van der Waals surface area contributed by atoms with E-state index in [0.717, 1.165) is 17.2 Å². The van der Waals surface area contributed by atoms with E-state index in [1.807, 2.05) is 6.92 Å². The Labute approximate surface area is 101 Å². The lowest BCUT2D eigenvalue weighted by Gasteiger charge is -2.01. The van der Waals surface area contributed by atoms with E-state index in [1.54, 1.807) is 13.0 Å². The van der Waals surface area contributed by atoms with Gasteiger partial charge in [0.05, 0.1) is 17.9 Å². The Balaban J connectivity index is 2.11. The van der Waals surface area contributed by atoms with Crippen LogP contribution in [0.25, 0.3) is 0 Å². The minimum absolute atomic E-state index is 0.214. The summed E-state index contributed by atoms with van der Waals surface area (Å²) in [6.07, 6.45) is 0. The first kappa shape index (κ1) is 11.6. The van der Waals surface area contributed by atoms with Crippen molar-refractivity contribution in [2.45, 2.75) is 20.4 Å². The monoisotopic (exact) mass is 253 g/mol. The van der Waals surface area contributed by atoms with Gasteiger partial charge in [0.1, 0.15) is 10.6 Å². The van der Waals surface area contributed by atoms with Gasteiger partial charge in [0.15, 0.2) is 5.76 Å². The van der Waals surface area contributed by atoms with Gasteiger partial charge in [-0.2, -0.15) is 4.37 Å². The van der Waals surface area contributed by atoms with Crippen LogP contribution in [0.15, 0.2) is 10.6 Å². The molecule has 0 unspecified atom stereocenters. The first-order chi connectivity index (χ1) is 8.08.